The van der Waals surface area contributed by atoms with Gasteiger partial charge in [0.1, 0.15) is 5.75 Å². The zero-order chi connectivity index (χ0) is 13.0. The summed E-state index contributed by atoms with van der Waals surface area (Å²) in [5.41, 5.74) is 2.06. The molecule has 1 amide bonds. The fourth-order valence-corrected chi connectivity index (χ4v) is 2.07. The first kappa shape index (κ1) is 13.2. The Hall–Kier alpha value is -1.20. The molecule has 18 heavy (non-hydrogen) atoms. The highest BCUT2D eigenvalue weighted by molar-refractivity contribution is 7.80. The lowest BCUT2D eigenvalue weighted by atomic mass is 10.1. The molecule has 0 radical (unpaired) electrons. The molecule has 1 heterocycles. The van der Waals surface area contributed by atoms with Crippen LogP contribution in [0.3, 0.4) is 0 Å². The van der Waals surface area contributed by atoms with Crippen molar-refractivity contribution in [1.29, 1.82) is 0 Å². The highest BCUT2D eigenvalue weighted by Crippen LogP contribution is 2.31. The first-order chi connectivity index (χ1) is 8.72. The first-order valence-corrected chi connectivity index (χ1v) is 6.69. The molecule has 1 aromatic carbocycles. The van der Waals surface area contributed by atoms with Crippen molar-refractivity contribution in [2.45, 2.75) is 6.42 Å². The molecule has 2 rings (SSSR count). The van der Waals surface area contributed by atoms with Crippen molar-refractivity contribution in [2.24, 2.45) is 0 Å². The van der Waals surface area contributed by atoms with Gasteiger partial charge in [-0.25, -0.2) is 0 Å². The van der Waals surface area contributed by atoms with E-state index in [-0.39, 0.29) is 12.5 Å². The van der Waals surface area contributed by atoms with Crippen LogP contribution in [0.15, 0.2) is 18.2 Å². The van der Waals surface area contributed by atoms with E-state index in [1.54, 1.807) is 11.9 Å². The molecule has 0 aliphatic carbocycles. The van der Waals surface area contributed by atoms with Gasteiger partial charge < -0.3 is 15.0 Å². The monoisotopic (exact) mass is 266 g/mol. The number of carbonyl (C=O) groups is 1. The van der Waals surface area contributed by atoms with Crippen LogP contribution in [0.4, 0.5) is 5.69 Å². The van der Waals surface area contributed by atoms with E-state index in [9.17, 15) is 4.79 Å². The lowest BCUT2D eigenvalue weighted by Gasteiger charge is -2.26. The molecule has 0 saturated carbocycles. The van der Waals surface area contributed by atoms with Crippen molar-refractivity contribution in [1.82, 2.24) is 5.32 Å². The number of anilines is 1. The Labute approximate surface area is 113 Å². The number of fused-ring (bicyclic) bond motifs is 1. The van der Waals surface area contributed by atoms with Crippen LogP contribution in [0.1, 0.15) is 5.56 Å². The summed E-state index contributed by atoms with van der Waals surface area (Å²) in [7, 11) is 1.78. The molecule has 1 N–H and O–H groups in total. The van der Waals surface area contributed by atoms with Gasteiger partial charge in [0, 0.05) is 19.3 Å². The number of nitrogens with one attached hydrogen (secondary N) is 1. The van der Waals surface area contributed by atoms with Gasteiger partial charge in [0.05, 0.1) is 5.69 Å². The fraction of sp³-hybridized carbons (Fsp3) is 0.462. The maximum absolute atomic E-state index is 11.5. The van der Waals surface area contributed by atoms with Gasteiger partial charge in [-0.3, -0.25) is 4.79 Å². The summed E-state index contributed by atoms with van der Waals surface area (Å²) in [6.45, 7) is 1.96. The number of thiol groups is 1. The zero-order valence-electron chi connectivity index (χ0n) is 10.5. The minimum atomic E-state index is -0.00662. The van der Waals surface area contributed by atoms with E-state index in [2.05, 4.69) is 17.9 Å². The molecule has 0 bridgehead atoms. The van der Waals surface area contributed by atoms with Gasteiger partial charge >= 0.3 is 0 Å². The molecular formula is C13H18N2O2S. The van der Waals surface area contributed by atoms with E-state index in [0.29, 0.717) is 0 Å². The van der Waals surface area contributed by atoms with E-state index in [1.807, 2.05) is 18.2 Å². The van der Waals surface area contributed by atoms with Crippen LogP contribution in [0.5, 0.6) is 5.75 Å². The lowest BCUT2D eigenvalue weighted by Crippen LogP contribution is -2.35. The molecule has 5 heteroatoms. The van der Waals surface area contributed by atoms with E-state index in [1.165, 1.54) is 5.56 Å². The molecule has 1 aliphatic heterocycles. The maximum atomic E-state index is 11.5. The molecule has 0 saturated heterocycles. The van der Waals surface area contributed by atoms with Gasteiger partial charge in [0.2, 0.25) is 0 Å². The lowest BCUT2D eigenvalue weighted by molar-refractivity contribution is -0.120. The number of rotatable bonds is 5. The number of ether oxygens (including phenoxy) is 1. The van der Waals surface area contributed by atoms with Crippen LogP contribution < -0.4 is 15.0 Å². The summed E-state index contributed by atoms with van der Waals surface area (Å²) >= 11 is 4.14. The number of hydrogen-bond donors (Lipinski definition) is 2. The molecule has 1 aromatic rings. The first-order valence-electron chi connectivity index (χ1n) is 6.06. The Kier molecular flexibility index (Phi) is 4.49. The smallest absolute Gasteiger partial charge is 0.264 e. The van der Waals surface area contributed by atoms with Gasteiger partial charge in [0.25, 0.3) is 5.91 Å². The van der Waals surface area contributed by atoms with Crippen molar-refractivity contribution in [3.05, 3.63) is 23.8 Å². The van der Waals surface area contributed by atoms with Crippen LogP contribution in [-0.4, -0.2) is 38.4 Å². The third-order valence-electron chi connectivity index (χ3n) is 2.99. The quantitative estimate of drug-likeness (QED) is 0.619. The Morgan fingerprint density at radius 1 is 1.44 bits per heavy atom. The molecular weight excluding hydrogens is 248 g/mol. The molecule has 4 nitrogen and oxygen atoms in total. The van der Waals surface area contributed by atoms with Crippen molar-refractivity contribution in [3.63, 3.8) is 0 Å². The number of carbonyl (C=O) groups excluding carboxylic acids is 1. The second kappa shape index (κ2) is 6.11. The minimum Gasteiger partial charge on any atom is -0.482 e. The average molecular weight is 266 g/mol. The standard InChI is InChI=1S/C13H18N2O2S/c1-15-11-8-10(4-5-14-6-7-18)2-3-12(11)17-9-13(15)16/h2-3,8,14,18H,4-7,9H2,1H3. The number of amides is 1. The van der Waals surface area contributed by atoms with Crippen LogP contribution in [-0.2, 0) is 11.2 Å². The number of benzene rings is 1. The fourth-order valence-electron chi connectivity index (χ4n) is 1.91. The summed E-state index contributed by atoms with van der Waals surface area (Å²) in [5.74, 6) is 1.62. The zero-order valence-corrected chi connectivity index (χ0v) is 11.4. The van der Waals surface area contributed by atoms with Crippen LogP contribution in [0.2, 0.25) is 0 Å². The SMILES string of the molecule is CN1C(=O)COc2ccc(CCNCCS)cc21. The molecule has 0 unspecified atom stereocenters. The normalized spacial score (nSPS) is 14.3. The number of nitrogens with zero attached hydrogens (tertiary/aromatic N) is 1. The molecule has 0 aromatic heterocycles. The molecule has 0 fully saturated rings. The number of hydrogen-bond acceptors (Lipinski definition) is 4. The van der Waals surface area contributed by atoms with Crippen LogP contribution in [0.25, 0.3) is 0 Å². The van der Waals surface area contributed by atoms with Gasteiger partial charge in [-0.1, -0.05) is 6.07 Å². The topological polar surface area (TPSA) is 41.6 Å². The molecule has 0 spiro atoms. The summed E-state index contributed by atoms with van der Waals surface area (Å²) in [5, 5.41) is 3.30. The summed E-state index contributed by atoms with van der Waals surface area (Å²) in [6.07, 6.45) is 0.934. The van der Waals surface area contributed by atoms with E-state index in [4.69, 9.17) is 4.74 Å². The molecule has 98 valence electrons. The Balaban J connectivity index is 2.04. The van der Waals surface area contributed by atoms with Gasteiger partial charge in [-0.05, 0) is 30.7 Å². The van der Waals surface area contributed by atoms with Crippen molar-refractivity contribution < 1.29 is 9.53 Å². The second-order valence-corrected chi connectivity index (χ2v) is 4.71. The summed E-state index contributed by atoms with van der Waals surface area (Å²) < 4.78 is 5.39. The summed E-state index contributed by atoms with van der Waals surface area (Å²) in [6, 6.07) is 6.01. The minimum absolute atomic E-state index is 0.00662. The van der Waals surface area contributed by atoms with E-state index >= 15 is 0 Å². The predicted octanol–water partition coefficient (Wildman–Crippen LogP) is 1.10. The van der Waals surface area contributed by atoms with Crippen LogP contribution >= 0.6 is 12.6 Å². The predicted molar refractivity (Wildman–Crippen MR) is 75.8 cm³/mol. The maximum Gasteiger partial charge on any atom is 0.264 e. The highest BCUT2D eigenvalue weighted by atomic mass is 32.1. The highest BCUT2D eigenvalue weighted by Gasteiger charge is 2.21. The van der Waals surface area contributed by atoms with E-state index in [0.717, 1.165) is 36.7 Å². The van der Waals surface area contributed by atoms with Crippen LogP contribution in [0, 0.1) is 0 Å². The van der Waals surface area contributed by atoms with Gasteiger partial charge in [0.15, 0.2) is 6.61 Å². The Morgan fingerprint density at radius 2 is 2.28 bits per heavy atom. The third-order valence-corrected chi connectivity index (χ3v) is 3.21. The van der Waals surface area contributed by atoms with Crippen molar-refractivity contribution in [3.8, 4) is 5.75 Å². The van der Waals surface area contributed by atoms with E-state index < -0.39 is 0 Å². The molecule has 0 atom stereocenters. The summed E-state index contributed by atoms with van der Waals surface area (Å²) in [4.78, 5) is 13.2. The molecule has 1 aliphatic rings. The van der Waals surface area contributed by atoms with Crippen molar-refractivity contribution in [2.75, 3.05) is 37.4 Å². The Morgan fingerprint density at radius 3 is 3.06 bits per heavy atom. The van der Waals surface area contributed by atoms with Gasteiger partial charge in [-0.15, -0.1) is 0 Å². The average Bonchev–Trinajstić information content (AvgIpc) is 2.39. The van der Waals surface area contributed by atoms with Gasteiger partial charge in [-0.2, -0.15) is 12.6 Å². The third kappa shape index (κ3) is 2.97. The largest absolute Gasteiger partial charge is 0.482 e. The van der Waals surface area contributed by atoms with Crippen molar-refractivity contribution >= 4 is 24.2 Å². The number of likely N-dealkylation sites (N-methyl/N-ethyl adjacent to an activating group) is 1. The second-order valence-electron chi connectivity index (χ2n) is 4.27. The Bertz CT molecular complexity index is 437.